The Kier molecular flexibility index (Phi) is 8.14. The van der Waals surface area contributed by atoms with Crippen LogP contribution in [-0.4, -0.2) is 70.4 Å². The van der Waals surface area contributed by atoms with Crippen LogP contribution in [-0.2, 0) is 11.3 Å². The van der Waals surface area contributed by atoms with Crippen molar-refractivity contribution in [3.8, 4) is 5.75 Å². The number of unbranched alkanes of at least 4 members (excludes halogenated alkanes) is 1. The summed E-state index contributed by atoms with van der Waals surface area (Å²) in [5.74, 6) is 2.31. The lowest BCUT2D eigenvalue weighted by molar-refractivity contribution is -0.136. The summed E-state index contributed by atoms with van der Waals surface area (Å²) in [5.41, 5.74) is 9.51. The number of methoxy groups -OCH3 is 1. The van der Waals surface area contributed by atoms with Crippen LogP contribution < -0.4 is 20.7 Å². The highest BCUT2D eigenvalue weighted by Gasteiger charge is 2.28. The van der Waals surface area contributed by atoms with Gasteiger partial charge in [-0.1, -0.05) is 38.7 Å². The quantitative estimate of drug-likeness (QED) is 0.408. The van der Waals surface area contributed by atoms with Crippen molar-refractivity contribution in [2.24, 2.45) is 5.92 Å². The Labute approximate surface area is 224 Å². The normalized spacial score (nSPS) is 16.7. The number of nitrogens with zero attached hydrogens (tertiary/aromatic N) is 6. The molecule has 10 nitrogen and oxygen atoms in total. The molecule has 1 saturated heterocycles. The van der Waals surface area contributed by atoms with E-state index in [0.717, 1.165) is 75.4 Å². The predicted molar refractivity (Wildman–Crippen MR) is 151 cm³/mol. The number of hydrogen-bond acceptors (Lipinski definition) is 8. The van der Waals surface area contributed by atoms with Gasteiger partial charge in [-0.25, -0.2) is 4.98 Å². The van der Waals surface area contributed by atoms with Gasteiger partial charge in [0.05, 0.1) is 19.9 Å². The van der Waals surface area contributed by atoms with Crippen molar-refractivity contribution in [1.29, 1.82) is 0 Å². The van der Waals surface area contributed by atoms with Gasteiger partial charge in [0.15, 0.2) is 11.3 Å². The summed E-state index contributed by atoms with van der Waals surface area (Å²) in [5, 5.41) is 8.09. The van der Waals surface area contributed by atoms with Gasteiger partial charge < -0.3 is 25.6 Å². The fourth-order valence-electron chi connectivity index (χ4n) is 5.59. The van der Waals surface area contributed by atoms with Gasteiger partial charge in [-0.3, -0.25) is 9.48 Å². The monoisotopic (exact) mass is 520 g/mol. The zero-order chi connectivity index (χ0) is 26.5. The first-order valence-electron chi connectivity index (χ1n) is 14.0. The van der Waals surface area contributed by atoms with Crippen LogP contribution in [0.25, 0.3) is 11.0 Å². The molecule has 0 spiro atoms. The highest BCUT2D eigenvalue weighted by Crippen LogP contribution is 2.30. The summed E-state index contributed by atoms with van der Waals surface area (Å²) in [4.78, 5) is 26.1. The maximum absolute atomic E-state index is 12.9. The fourth-order valence-corrected chi connectivity index (χ4v) is 5.59. The van der Waals surface area contributed by atoms with Crippen LogP contribution in [0.5, 0.6) is 5.75 Å². The summed E-state index contributed by atoms with van der Waals surface area (Å²) in [6.07, 6.45) is 9.79. The Morgan fingerprint density at radius 1 is 1.13 bits per heavy atom. The molecule has 0 atom stereocenters. The van der Waals surface area contributed by atoms with Crippen LogP contribution >= 0.6 is 0 Å². The van der Waals surface area contributed by atoms with Crippen LogP contribution in [0.2, 0.25) is 0 Å². The number of carbonyl (C=O) groups is 1. The van der Waals surface area contributed by atoms with Crippen molar-refractivity contribution < 1.29 is 9.53 Å². The van der Waals surface area contributed by atoms with Gasteiger partial charge in [0, 0.05) is 56.0 Å². The molecule has 0 unspecified atom stereocenters. The lowest BCUT2D eigenvalue weighted by atomic mass is 9.88. The number of aromatic nitrogens is 4. The molecule has 3 aromatic rings. The molecule has 2 aliphatic rings. The van der Waals surface area contributed by atoms with Crippen molar-refractivity contribution in [1.82, 2.24) is 24.6 Å². The van der Waals surface area contributed by atoms with E-state index in [1.807, 2.05) is 10.9 Å². The number of carbonyl (C=O) groups excluding carboxylic acids is 1. The van der Waals surface area contributed by atoms with Crippen LogP contribution in [0.1, 0.15) is 57.4 Å². The van der Waals surface area contributed by atoms with E-state index in [0.29, 0.717) is 29.3 Å². The van der Waals surface area contributed by atoms with E-state index >= 15 is 0 Å². The zero-order valence-corrected chi connectivity index (χ0v) is 22.7. The summed E-state index contributed by atoms with van der Waals surface area (Å²) in [6, 6.07) is 6.32. The van der Waals surface area contributed by atoms with Gasteiger partial charge in [0.1, 0.15) is 11.3 Å². The van der Waals surface area contributed by atoms with Gasteiger partial charge >= 0.3 is 0 Å². The highest BCUT2D eigenvalue weighted by atomic mass is 16.5. The molecule has 1 saturated carbocycles. The standard InChI is InChI=1S/C28H40N8O2/c1-3-4-12-30-26-25-23(31-28(29)32-26)19-36(33-25)18-21-10-11-22(17-24(21)38-2)34-13-15-35(16-14-34)27(37)20-8-6-5-7-9-20/h10-11,17,19-20H,3-9,12-16,18H2,1-2H3,(H3,29,30,31,32). The first kappa shape index (κ1) is 26.1. The first-order chi connectivity index (χ1) is 18.6. The first-order valence-corrected chi connectivity index (χ1v) is 14.0. The van der Waals surface area contributed by atoms with Crippen LogP contribution in [0, 0.1) is 5.92 Å². The van der Waals surface area contributed by atoms with Gasteiger partial charge in [0.25, 0.3) is 0 Å². The van der Waals surface area contributed by atoms with Crippen molar-refractivity contribution in [2.45, 2.75) is 58.4 Å². The van der Waals surface area contributed by atoms with Crippen molar-refractivity contribution in [3.63, 3.8) is 0 Å². The molecule has 0 radical (unpaired) electrons. The van der Waals surface area contributed by atoms with E-state index < -0.39 is 0 Å². The average Bonchev–Trinajstić information content (AvgIpc) is 3.36. The summed E-state index contributed by atoms with van der Waals surface area (Å²) >= 11 is 0. The van der Waals surface area contributed by atoms with E-state index in [-0.39, 0.29) is 11.9 Å². The molecule has 3 heterocycles. The molecule has 0 bridgehead atoms. The van der Waals surface area contributed by atoms with E-state index in [1.165, 1.54) is 19.3 Å². The Morgan fingerprint density at radius 2 is 1.92 bits per heavy atom. The minimum Gasteiger partial charge on any atom is -0.496 e. The molecule has 2 aromatic heterocycles. The van der Waals surface area contributed by atoms with Crippen LogP contribution in [0.15, 0.2) is 24.4 Å². The van der Waals surface area contributed by atoms with Crippen molar-refractivity contribution >= 4 is 34.4 Å². The summed E-state index contributed by atoms with van der Waals surface area (Å²) < 4.78 is 7.64. The van der Waals surface area contributed by atoms with E-state index in [4.69, 9.17) is 15.6 Å². The molecule has 1 aromatic carbocycles. The highest BCUT2D eigenvalue weighted by molar-refractivity contribution is 5.85. The fraction of sp³-hybridized carbons (Fsp3) is 0.571. The van der Waals surface area contributed by atoms with Crippen LogP contribution in [0.4, 0.5) is 17.5 Å². The van der Waals surface area contributed by atoms with Crippen molar-refractivity contribution in [2.75, 3.05) is 55.8 Å². The number of nitrogens with two attached hydrogens (primary N) is 1. The van der Waals surface area contributed by atoms with Crippen LogP contribution in [0.3, 0.4) is 0 Å². The molecule has 3 N–H and O–H groups in total. The Balaban J connectivity index is 1.26. The molecule has 2 fully saturated rings. The summed E-state index contributed by atoms with van der Waals surface area (Å²) in [7, 11) is 1.70. The number of hydrogen-bond donors (Lipinski definition) is 2. The third-order valence-corrected chi connectivity index (χ3v) is 7.76. The number of ether oxygens (including phenoxy) is 1. The molecule has 5 rings (SSSR count). The average molecular weight is 521 g/mol. The Morgan fingerprint density at radius 3 is 2.66 bits per heavy atom. The third-order valence-electron chi connectivity index (χ3n) is 7.76. The topological polar surface area (TPSA) is 114 Å². The van der Waals surface area contributed by atoms with Gasteiger partial charge in [0.2, 0.25) is 11.9 Å². The number of piperazine rings is 1. The minimum absolute atomic E-state index is 0.235. The lowest BCUT2D eigenvalue weighted by Crippen LogP contribution is -2.50. The second-order valence-electron chi connectivity index (χ2n) is 10.4. The molecule has 1 aliphatic heterocycles. The molecule has 38 heavy (non-hydrogen) atoms. The minimum atomic E-state index is 0.235. The largest absolute Gasteiger partial charge is 0.496 e. The molecule has 1 amide bonds. The number of rotatable bonds is 9. The van der Waals surface area contributed by atoms with Gasteiger partial charge in [-0.2, -0.15) is 10.1 Å². The maximum Gasteiger partial charge on any atom is 0.225 e. The number of nitrogens with one attached hydrogen (secondary N) is 1. The molecule has 10 heteroatoms. The summed E-state index contributed by atoms with van der Waals surface area (Å²) in [6.45, 7) is 6.72. The number of anilines is 3. The SMILES string of the molecule is CCCCNc1nc(N)nc2cn(Cc3ccc(N4CCN(C(=O)C5CCCCC5)CC4)cc3OC)nc12. The third kappa shape index (κ3) is 5.79. The molecular weight excluding hydrogens is 480 g/mol. The zero-order valence-electron chi connectivity index (χ0n) is 22.7. The number of benzene rings is 1. The Bertz CT molecular complexity index is 1250. The molecular formula is C28H40N8O2. The second kappa shape index (κ2) is 11.9. The van der Waals surface area contributed by atoms with Gasteiger partial charge in [-0.15, -0.1) is 0 Å². The van der Waals surface area contributed by atoms with E-state index in [1.54, 1.807) is 7.11 Å². The van der Waals surface area contributed by atoms with Gasteiger partial charge in [-0.05, 0) is 25.3 Å². The maximum atomic E-state index is 12.9. The number of nitrogen functional groups attached to an aromatic ring is 1. The predicted octanol–water partition coefficient (Wildman–Crippen LogP) is 3.91. The van der Waals surface area contributed by atoms with E-state index in [2.05, 4.69) is 50.2 Å². The number of amides is 1. The lowest BCUT2D eigenvalue weighted by Gasteiger charge is -2.38. The molecule has 1 aliphatic carbocycles. The second-order valence-corrected chi connectivity index (χ2v) is 10.4. The molecule has 204 valence electrons. The van der Waals surface area contributed by atoms with Crippen molar-refractivity contribution in [3.05, 3.63) is 30.0 Å². The smallest absolute Gasteiger partial charge is 0.225 e. The van der Waals surface area contributed by atoms with E-state index in [9.17, 15) is 4.79 Å². The number of fused-ring (bicyclic) bond motifs is 1. The Hall–Kier alpha value is -3.56.